The van der Waals surface area contributed by atoms with E-state index in [0.29, 0.717) is 22.9 Å². The van der Waals surface area contributed by atoms with Crippen LogP contribution in [-0.2, 0) is 14.8 Å². The first-order valence-electron chi connectivity index (χ1n) is 9.64. The minimum Gasteiger partial charge on any atom is -0.346 e. The highest BCUT2D eigenvalue weighted by molar-refractivity contribution is 7.89. The summed E-state index contributed by atoms with van der Waals surface area (Å²) < 4.78 is 25.8. The molecule has 0 spiro atoms. The zero-order chi connectivity index (χ0) is 20.1. The van der Waals surface area contributed by atoms with Crippen LogP contribution in [0, 0.1) is 13.8 Å². The number of amides is 1. The lowest BCUT2D eigenvalue weighted by Gasteiger charge is -2.26. The Bertz CT molecular complexity index is 1090. The van der Waals surface area contributed by atoms with E-state index in [-0.39, 0.29) is 10.8 Å². The van der Waals surface area contributed by atoms with Gasteiger partial charge in [-0.25, -0.2) is 13.6 Å². The van der Waals surface area contributed by atoms with Crippen molar-refractivity contribution in [2.24, 2.45) is 5.14 Å². The molecule has 1 aliphatic heterocycles. The molecule has 6 nitrogen and oxygen atoms in total. The van der Waals surface area contributed by atoms with Crippen LogP contribution in [0.3, 0.4) is 0 Å². The predicted octanol–water partition coefficient (Wildman–Crippen LogP) is 3.75. The van der Waals surface area contributed by atoms with Crippen molar-refractivity contribution in [1.82, 2.24) is 4.57 Å². The molecule has 0 unspecified atom stereocenters. The average molecular weight is 400 g/mol. The smallest absolute Gasteiger partial charge is 0.256 e. The van der Waals surface area contributed by atoms with E-state index in [9.17, 15) is 13.2 Å². The van der Waals surface area contributed by atoms with Gasteiger partial charge in [-0.3, -0.25) is 4.79 Å². The Labute approximate surface area is 165 Å². The summed E-state index contributed by atoms with van der Waals surface area (Å²) in [5.41, 5.74) is 4.95. The van der Waals surface area contributed by atoms with E-state index < -0.39 is 10.0 Å². The van der Waals surface area contributed by atoms with E-state index in [1.807, 2.05) is 6.08 Å². The van der Waals surface area contributed by atoms with Gasteiger partial charge in [0.05, 0.1) is 4.90 Å². The molecule has 1 fully saturated rings. The molecule has 4 rings (SSSR count). The van der Waals surface area contributed by atoms with Gasteiger partial charge in [-0.1, -0.05) is 19.3 Å². The lowest BCUT2D eigenvalue weighted by Crippen LogP contribution is -2.15. The number of benzene rings is 1. The van der Waals surface area contributed by atoms with Gasteiger partial charge < -0.3 is 9.88 Å². The quantitative estimate of drug-likeness (QED) is 0.770. The molecule has 1 amide bonds. The molecule has 0 bridgehead atoms. The Balaban J connectivity index is 1.78. The van der Waals surface area contributed by atoms with Gasteiger partial charge in [-0.2, -0.15) is 0 Å². The molecule has 0 radical (unpaired) electrons. The van der Waals surface area contributed by atoms with E-state index in [4.69, 9.17) is 5.14 Å². The molecule has 7 heteroatoms. The number of primary sulfonamides is 1. The summed E-state index contributed by atoms with van der Waals surface area (Å²) in [6.45, 7) is 4.19. The number of hydrogen-bond acceptors (Lipinski definition) is 3. The van der Waals surface area contributed by atoms with Crippen molar-refractivity contribution in [3.63, 3.8) is 0 Å². The lowest BCUT2D eigenvalue weighted by atomic mass is 9.95. The maximum atomic E-state index is 12.5. The molecule has 28 heavy (non-hydrogen) atoms. The van der Waals surface area contributed by atoms with Crippen LogP contribution in [0.25, 0.3) is 11.6 Å². The van der Waals surface area contributed by atoms with E-state index >= 15 is 0 Å². The molecular formula is C21H25N3O3S. The zero-order valence-corrected chi connectivity index (χ0v) is 17.0. The fourth-order valence-corrected chi connectivity index (χ4v) is 5.03. The summed E-state index contributed by atoms with van der Waals surface area (Å²) in [5, 5.41) is 8.06. The van der Waals surface area contributed by atoms with Crippen molar-refractivity contribution in [3.8, 4) is 0 Å². The van der Waals surface area contributed by atoms with Crippen LogP contribution in [0.2, 0.25) is 0 Å². The zero-order valence-electron chi connectivity index (χ0n) is 16.2. The molecule has 2 heterocycles. The number of hydrogen-bond donors (Lipinski definition) is 2. The third-order valence-corrected chi connectivity index (χ3v) is 6.78. The minimum atomic E-state index is -3.83. The second kappa shape index (κ2) is 6.90. The molecule has 1 aromatic heterocycles. The van der Waals surface area contributed by atoms with Gasteiger partial charge in [-0.15, -0.1) is 0 Å². The Hall–Kier alpha value is -2.38. The topological polar surface area (TPSA) is 94.2 Å². The highest BCUT2D eigenvalue weighted by Crippen LogP contribution is 2.37. The van der Waals surface area contributed by atoms with Crippen LogP contribution >= 0.6 is 0 Å². The molecule has 1 aliphatic carbocycles. The van der Waals surface area contributed by atoms with E-state index in [1.54, 1.807) is 6.07 Å². The third kappa shape index (κ3) is 3.29. The summed E-state index contributed by atoms with van der Waals surface area (Å²) in [6, 6.07) is 7.07. The fraction of sp³-hybridized carbons (Fsp3) is 0.381. The van der Waals surface area contributed by atoms with Crippen molar-refractivity contribution >= 4 is 33.3 Å². The van der Waals surface area contributed by atoms with Gasteiger partial charge in [-0.05, 0) is 62.6 Å². The first kappa shape index (κ1) is 19.0. The Kier molecular flexibility index (Phi) is 4.67. The Morgan fingerprint density at radius 2 is 1.86 bits per heavy atom. The van der Waals surface area contributed by atoms with Crippen molar-refractivity contribution < 1.29 is 13.2 Å². The van der Waals surface area contributed by atoms with Crippen LogP contribution in [-0.4, -0.2) is 18.9 Å². The van der Waals surface area contributed by atoms with Crippen molar-refractivity contribution in [2.45, 2.75) is 56.9 Å². The van der Waals surface area contributed by atoms with Gasteiger partial charge in [0, 0.05) is 34.3 Å². The number of rotatable bonds is 3. The van der Waals surface area contributed by atoms with Crippen molar-refractivity contribution in [3.05, 3.63) is 46.8 Å². The number of nitrogens with two attached hydrogens (primary N) is 1. The van der Waals surface area contributed by atoms with Gasteiger partial charge in [0.25, 0.3) is 5.91 Å². The highest BCUT2D eigenvalue weighted by Gasteiger charge is 2.27. The number of sulfonamides is 1. The largest absolute Gasteiger partial charge is 0.346 e. The third-order valence-electron chi connectivity index (χ3n) is 5.87. The fourth-order valence-electron chi connectivity index (χ4n) is 4.49. The molecule has 1 aromatic carbocycles. The van der Waals surface area contributed by atoms with Gasteiger partial charge in [0.1, 0.15) is 0 Å². The number of fused-ring (bicyclic) bond motifs is 1. The second-order valence-corrected chi connectivity index (χ2v) is 9.31. The molecule has 1 saturated carbocycles. The van der Waals surface area contributed by atoms with Gasteiger partial charge >= 0.3 is 0 Å². The lowest BCUT2D eigenvalue weighted by molar-refractivity contribution is -0.110. The Morgan fingerprint density at radius 1 is 1.14 bits per heavy atom. The predicted molar refractivity (Wildman–Crippen MR) is 110 cm³/mol. The number of aryl methyl sites for hydroxylation is 1. The van der Waals surface area contributed by atoms with Gasteiger partial charge in [0.2, 0.25) is 10.0 Å². The average Bonchev–Trinajstić information content (AvgIpc) is 3.11. The maximum absolute atomic E-state index is 12.5. The highest BCUT2D eigenvalue weighted by atomic mass is 32.2. The summed E-state index contributed by atoms with van der Waals surface area (Å²) in [5.74, 6) is -0.232. The van der Waals surface area contributed by atoms with Gasteiger partial charge in [0.15, 0.2) is 0 Å². The molecule has 2 aromatic rings. The normalized spacial score (nSPS) is 19.1. The van der Waals surface area contributed by atoms with Crippen molar-refractivity contribution in [1.29, 1.82) is 0 Å². The van der Waals surface area contributed by atoms with Crippen LogP contribution in [0.1, 0.15) is 60.7 Å². The number of nitrogens with zero attached hydrogens (tertiary/aromatic N) is 1. The molecular weight excluding hydrogens is 374 g/mol. The number of carbonyl (C=O) groups excluding carboxylic acids is 1. The van der Waals surface area contributed by atoms with Crippen LogP contribution in [0.4, 0.5) is 5.69 Å². The first-order chi connectivity index (χ1) is 13.3. The summed E-state index contributed by atoms with van der Waals surface area (Å²) in [4.78, 5) is 12.5. The van der Waals surface area contributed by atoms with E-state index in [1.165, 1.54) is 49.9 Å². The number of nitrogens with one attached hydrogen (secondary N) is 1. The number of carbonyl (C=O) groups is 1. The van der Waals surface area contributed by atoms with Crippen LogP contribution in [0.15, 0.2) is 29.2 Å². The SMILES string of the molecule is Cc1cc(C=C2C(=O)Nc3ccc(S(N)(=O)=O)cc32)c(C)n1C1CCCCC1. The second-order valence-electron chi connectivity index (χ2n) is 7.75. The molecule has 0 atom stereocenters. The maximum Gasteiger partial charge on any atom is 0.256 e. The molecule has 0 saturated heterocycles. The van der Waals surface area contributed by atoms with Crippen LogP contribution < -0.4 is 10.5 Å². The van der Waals surface area contributed by atoms with E-state index in [2.05, 4.69) is 29.8 Å². The Morgan fingerprint density at radius 3 is 2.54 bits per heavy atom. The summed E-state index contributed by atoms with van der Waals surface area (Å²) in [6.07, 6.45) is 8.04. The summed E-state index contributed by atoms with van der Waals surface area (Å²) in [7, 11) is -3.83. The first-order valence-corrected chi connectivity index (χ1v) is 11.2. The molecule has 3 N–H and O–H groups in total. The van der Waals surface area contributed by atoms with E-state index in [0.717, 1.165) is 11.3 Å². The standard InChI is InChI=1S/C21H25N3O3S/c1-13-10-15(14(2)24(13)16-6-4-3-5-7-16)11-19-18-12-17(28(22,26)27)8-9-20(18)23-21(19)25/h8-12,16H,3-7H2,1-2H3,(H,23,25)(H2,22,26,27). The monoisotopic (exact) mass is 399 g/mol. The molecule has 148 valence electrons. The van der Waals surface area contributed by atoms with Crippen LogP contribution in [0.5, 0.6) is 0 Å². The molecule has 2 aliphatic rings. The minimum absolute atomic E-state index is 0.00123. The summed E-state index contributed by atoms with van der Waals surface area (Å²) >= 11 is 0. The number of aromatic nitrogens is 1. The van der Waals surface area contributed by atoms with Crippen molar-refractivity contribution in [2.75, 3.05) is 5.32 Å². The number of anilines is 1.